The first-order valence-corrected chi connectivity index (χ1v) is 5.86. The van der Waals surface area contributed by atoms with Crippen molar-refractivity contribution in [2.24, 2.45) is 0 Å². The Morgan fingerprint density at radius 3 is 2.76 bits per heavy atom. The van der Waals surface area contributed by atoms with Gasteiger partial charge in [0.05, 0.1) is 5.39 Å². The van der Waals surface area contributed by atoms with E-state index in [4.69, 9.17) is 5.73 Å². The maximum Gasteiger partial charge on any atom is 0.239 e. The maximum absolute atomic E-state index is 5.52. The molecule has 7 heteroatoms. The Hall–Kier alpha value is -2.02. The molecule has 0 aliphatic heterocycles. The van der Waals surface area contributed by atoms with E-state index in [1.54, 1.807) is 22.3 Å². The normalized spacial score (nSPS) is 11.2. The van der Waals surface area contributed by atoms with Crippen molar-refractivity contribution >= 4 is 27.5 Å². The third-order valence-corrected chi connectivity index (χ3v) is 3.79. The average molecular weight is 246 g/mol. The minimum atomic E-state index is 0.237. The summed E-state index contributed by atoms with van der Waals surface area (Å²) in [5.74, 6) is 0.961. The molecule has 0 aliphatic rings. The Bertz CT molecular complexity index is 698. The lowest BCUT2D eigenvalue weighted by Crippen LogP contribution is -2.00. The molecule has 86 valence electrons. The SMILES string of the molecule is Cc1sc2ncnc(-n3cnc(N)n3)c2c1C. The Morgan fingerprint density at radius 1 is 1.24 bits per heavy atom. The number of nitrogens with two attached hydrogens (primary N) is 1. The van der Waals surface area contributed by atoms with Gasteiger partial charge in [0.1, 0.15) is 17.5 Å². The monoisotopic (exact) mass is 246 g/mol. The lowest BCUT2D eigenvalue weighted by molar-refractivity contribution is 0.853. The van der Waals surface area contributed by atoms with Gasteiger partial charge in [0.25, 0.3) is 0 Å². The molecular weight excluding hydrogens is 236 g/mol. The number of hydrogen-bond donors (Lipinski definition) is 1. The first kappa shape index (κ1) is 10.2. The molecule has 0 spiro atoms. The fraction of sp³-hybridized carbons (Fsp3) is 0.200. The molecule has 0 fully saturated rings. The van der Waals surface area contributed by atoms with Gasteiger partial charge in [-0.05, 0) is 19.4 Å². The van der Waals surface area contributed by atoms with Crippen molar-refractivity contribution in [3.63, 3.8) is 0 Å². The zero-order valence-corrected chi connectivity index (χ0v) is 10.2. The van der Waals surface area contributed by atoms with Gasteiger partial charge >= 0.3 is 0 Å². The number of rotatable bonds is 1. The van der Waals surface area contributed by atoms with Gasteiger partial charge < -0.3 is 5.73 Å². The molecule has 0 atom stereocenters. The minimum Gasteiger partial charge on any atom is -0.366 e. The van der Waals surface area contributed by atoms with Gasteiger partial charge in [-0.2, -0.15) is 4.68 Å². The zero-order valence-electron chi connectivity index (χ0n) is 9.38. The van der Waals surface area contributed by atoms with Crippen LogP contribution in [0.4, 0.5) is 5.95 Å². The summed E-state index contributed by atoms with van der Waals surface area (Å²) in [6.45, 7) is 4.13. The van der Waals surface area contributed by atoms with E-state index in [2.05, 4.69) is 33.9 Å². The van der Waals surface area contributed by atoms with Crippen LogP contribution in [0.25, 0.3) is 16.0 Å². The second-order valence-corrected chi connectivity index (χ2v) is 4.91. The summed E-state index contributed by atoms with van der Waals surface area (Å²) < 4.78 is 1.58. The van der Waals surface area contributed by atoms with E-state index in [9.17, 15) is 0 Å². The lowest BCUT2D eigenvalue weighted by atomic mass is 10.2. The van der Waals surface area contributed by atoms with Gasteiger partial charge in [-0.3, -0.25) is 0 Å². The Morgan fingerprint density at radius 2 is 2.06 bits per heavy atom. The predicted molar refractivity (Wildman–Crippen MR) is 66.2 cm³/mol. The van der Waals surface area contributed by atoms with Crippen molar-refractivity contribution in [2.75, 3.05) is 5.73 Å². The summed E-state index contributed by atoms with van der Waals surface area (Å²) in [6.07, 6.45) is 3.09. The highest BCUT2D eigenvalue weighted by molar-refractivity contribution is 7.18. The maximum atomic E-state index is 5.52. The summed E-state index contributed by atoms with van der Waals surface area (Å²) in [6, 6.07) is 0. The topological polar surface area (TPSA) is 82.5 Å². The molecule has 3 rings (SSSR count). The molecule has 3 heterocycles. The Kier molecular flexibility index (Phi) is 2.08. The van der Waals surface area contributed by atoms with Gasteiger partial charge in [-0.25, -0.2) is 15.0 Å². The molecule has 0 radical (unpaired) electrons. The number of nitrogens with zero attached hydrogens (tertiary/aromatic N) is 5. The first-order chi connectivity index (χ1) is 8.16. The fourth-order valence-corrected chi connectivity index (χ4v) is 2.71. The van der Waals surface area contributed by atoms with Crippen LogP contribution in [-0.4, -0.2) is 24.7 Å². The average Bonchev–Trinajstić information content (AvgIpc) is 2.85. The van der Waals surface area contributed by atoms with Crippen LogP contribution in [0.5, 0.6) is 0 Å². The summed E-state index contributed by atoms with van der Waals surface area (Å²) in [4.78, 5) is 14.6. The van der Waals surface area contributed by atoms with Crippen LogP contribution in [0.3, 0.4) is 0 Å². The van der Waals surface area contributed by atoms with Gasteiger partial charge in [-0.1, -0.05) is 0 Å². The highest BCUT2D eigenvalue weighted by atomic mass is 32.1. The quantitative estimate of drug-likeness (QED) is 0.703. The van der Waals surface area contributed by atoms with Crippen LogP contribution in [0.15, 0.2) is 12.7 Å². The largest absolute Gasteiger partial charge is 0.366 e. The molecule has 3 aromatic rings. The van der Waals surface area contributed by atoms with Crippen LogP contribution < -0.4 is 5.73 Å². The number of aromatic nitrogens is 5. The van der Waals surface area contributed by atoms with E-state index in [-0.39, 0.29) is 5.95 Å². The second kappa shape index (κ2) is 3.49. The zero-order chi connectivity index (χ0) is 12.0. The van der Waals surface area contributed by atoms with Gasteiger partial charge in [0.15, 0.2) is 5.82 Å². The van der Waals surface area contributed by atoms with Crippen LogP contribution in [0.2, 0.25) is 0 Å². The highest BCUT2D eigenvalue weighted by Gasteiger charge is 2.13. The summed E-state index contributed by atoms with van der Waals surface area (Å²) in [7, 11) is 0. The van der Waals surface area contributed by atoms with Crippen molar-refractivity contribution in [3.8, 4) is 5.82 Å². The van der Waals surface area contributed by atoms with Crippen molar-refractivity contribution in [1.82, 2.24) is 24.7 Å². The highest BCUT2D eigenvalue weighted by Crippen LogP contribution is 2.31. The van der Waals surface area contributed by atoms with Crippen molar-refractivity contribution in [3.05, 3.63) is 23.1 Å². The third-order valence-electron chi connectivity index (χ3n) is 2.67. The van der Waals surface area contributed by atoms with Crippen molar-refractivity contribution < 1.29 is 0 Å². The molecule has 0 unspecified atom stereocenters. The molecular formula is C10H10N6S. The number of hydrogen-bond acceptors (Lipinski definition) is 6. The molecule has 0 saturated carbocycles. The van der Waals surface area contributed by atoms with Gasteiger partial charge in [-0.15, -0.1) is 16.4 Å². The molecule has 0 amide bonds. The summed E-state index contributed by atoms with van der Waals surface area (Å²) in [5.41, 5.74) is 6.70. The third kappa shape index (κ3) is 1.47. The molecule has 2 N–H and O–H groups in total. The predicted octanol–water partition coefficient (Wildman–Crippen LogP) is 1.47. The molecule has 3 aromatic heterocycles. The number of fused-ring (bicyclic) bond motifs is 1. The van der Waals surface area contributed by atoms with E-state index in [0.29, 0.717) is 0 Å². The lowest BCUT2D eigenvalue weighted by Gasteiger charge is -2.01. The molecule has 0 aliphatic carbocycles. The second-order valence-electron chi connectivity index (χ2n) is 3.71. The number of nitrogen functional groups attached to an aromatic ring is 1. The minimum absolute atomic E-state index is 0.237. The standard InChI is InChI=1S/C10H10N6S/c1-5-6(2)17-9-7(5)8(12-3-13-9)16-4-14-10(11)15-16/h3-4H,1-2H3,(H2,11,15). The van der Waals surface area contributed by atoms with E-state index >= 15 is 0 Å². The smallest absolute Gasteiger partial charge is 0.239 e. The van der Waals surface area contributed by atoms with Crippen LogP contribution >= 0.6 is 11.3 Å². The molecule has 6 nitrogen and oxygen atoms in total. The summed E-state index contributed by atoms with van der Waals surface area (Å²) >= 11 is 1.65. The van der Waals surface area contributed by atoms with Crippen LogP contribution in [0.1, 0.15) is 10.4 Å². The van der Waals surface area contributed by atoms with E-state index in [1.807, 2.05) is 0 Å². The first-order valence-electron chi connectivity index (χ1n) is 5.05. The fourth-order valence-electron chi connectivity index (χ4n) is 1.72. The van der Waals surface area contributed by atoms with Gasteiger partial charge in [0.2, 0.25) is 5.95 Å². The van der Waals surface area contributed by atoms with Crippen molar-refractivity contribution in [2.45, 2.75) is 13.8 Å². The molecule has 0 bridgehead atoms. The van der Waals surface area contributed by atoms with E-state index < -0.39 is 0 Å². The number of thiophene rings is 1. The van der Waals surface area contributed by atoms with Crippen LogP contribution in [-0.2, 0) is 0 Å². The molecule has 0 saturated heterocycles. The number of aryl methyl sites for hydroxylation is 2. The van der Waals surface area contributed by atoms with E-state index in [1.165, 1.54) is 16.8 Å². The van der Waals surface area contributed by atoms with E-state index in [0.717, 1.165) is 16.0 Å². The van der Waals surface area contributed by atoms with Crippen LogP contribution in [0, 0.1) is 13.8 Å². The Balaban J connectivity index is 2.36. The Labute approximate surface area is 101 Å². The number of anilines is 1. The van der Waals surface area contributed by atoms with Crippen molar-refractivity contribution in [1.29, 1.82) is 0 Å². The molecule has 17 heavy (non-hydrogen) atoms. The van der Waals surface area contributed by atoms with Gasteiger partial charge in [0, 0.05) is 4.88 Å². The summed E-state index contributed by atoms with van der Waals surface area (Å²) in [5, 5.41) is 5.09. The molecule has 0 aromatic carbocycles.